The van der Waals surface area contributed by atoms with Gasteiger partial charge in [-0.05, 0) is 25.5 Å². The molecule has 0 saturated carbocycles. The maximum atomic E-state index is 12.3. The number of carbonyl (C=O) groups excluding carboxylic acids is 3. The van der Waals surface area contributed by atoms with E-state index in [0.717, 1.165) is 12.8 Å². The Kier molecular flexibility index (Phi) is 5.78. The zero-order chi connectivity index (χ0) is 18.6. The number of esters is 1. The summed E-state index contributed by atoms with van der Waals surface area (Å²) in [4.78, 5) is 35.5. The highest BCUT2D eigenvalue weighted by Gasteiger charge is 2.42. The SMILES string of the molecule is CCCC(C)NC(=O)COC(=O)CN1C(=O)c2ccccc2S1(=O)=O. The summed E-state index contributed by atoms with van der Waals surface area (Å²) >= 11 is 0. The van der Waals surface area contributed by atoms with E-state index in [4.69, 9.17) is 4.74 Å². The fourth-order valence-corrected chi connectivity index (χ4v) is 4.03. The molecule has 1 aliphatic heterocycles. The predicted octanol–water partition coefficient (Wildman–Crippen LogP) is 0.679. The van der Waals surface area contributed by atoms with Crippen molar-refractivity contribution in [3.05, 3.63) is 29.8 Å². The molecule has 1 aromatic rings. The summed E-state index contributed by atoms with van der Waals surface area (Å²) in [5, 5.41) is 2.65. The second-order valence-corrected chi connectivity index (χ2v) is 7.56. The largest absolute Gasteiger partial charge is 0.454 e. The van der Waals surface area contributed by atoms with E-state index in [1.54, 1.807) is 0 Å². The minimum atomic E-state index is -4.07. The quantitative estimate of drug-likeness (QED) is 0.709. The summed E-state index contributed by atoms with van der Waals surface area (Å²) in [6.45, 7) is 2.51. The number of ether oxygens (including phenoxy) is 1. The third-order valence-electron chi connectivity index (χ3n) is 3.68. The Morgan fingerprint density at radius 2 is 1.96 bits per heavy atom. The molecular weight excluding hydrogens is 348 g/mol. The van der Waals surface area contributed by atoms with Gasteiger partial charge < -0.3 is 10.1 Å². The molecule has 1 unspecified atom stereocenters. The number of amides is 2. The number of sulfonamides is 1. The fraction of sp³-hybridized carbons (Fsp3) is 0.438. The van der Waals surface area contributed by atoms with E-state index < -0.39 is 41.0 Å². The highest BCUT2D eigenvalue weighted by molar-refractivity contribution is 7.90. The lowest BCUT2D eigenvalue weighted by molar-refractivity contribution is -0.148. The van der Waals surface area contributed by atoms with Crippen LogP contribution >= 0.6 is 0 Å². The van der Waals surface area contributed by atoms with E-state index in [-0.39, 0.29) is 16.5 Å². The topological polar surface area (TPSA) is 110 Å². The number of rotatable bonds is 7. The highest BCUT2D eigenvalue weighted by atomic mass is 32.2. The van der Waals surface area contributed by atoms with Crippen molar-refractivity contribution < 1.29 is 27.5 Å². The first-order valence-electron chi connectivity index (χ1n) is 7.88. The zero-order valence-electron chi connectivity index (χ0n) is 14.0. The van der Waals surface area contributed by atoms with Gasteiger partial charge in [-0.2, -0.15) is 0 Å². The van der Waals surface area contributed by atoms with E-state index in [1.165, 1.54) is 24.3 Å². The van der Waals surface area contributed by atoms with Crippen LogP contribution in [0.3, 0.4) is 0 Å². The van der Waals surface area contributed by atoms with Crippen molar-refractivity contribution in [2.45, 2.75) is 37.6 Å². The number of benzene rings is 1. The molecule has 1 aliphatic rings. The van der Waals surface area contributed by atoms with Crippen LogP contribution in [-0.2, 0) is 24.3 Å². The van der Waals surface area contributed by atoms with Gasteiger partial charge >= 0.3 is 5.97 Å². The standard InChI is InChI=1S/C16H20N2O6S/c1-3-6-11(2)17-14(19)10-24-15(20)9-18-16(21)12-7-4-5-8-13(12)25(18,22)23/h4-5,7-8,11H,3,6,9-10H2,1-2H3,(H,17,19). The molecule has 25 heavy (non-hydrogen) atoms. The lowest BCUT2D eigenvalue weighted by Crippen LogP contribution is -2.39. The van der Waals surface area contributed by atoms with Crippen molar-refractivity contribution >= 4 is 27.8 Å². The molecule has 9 heteroatoms. The van der Waals surface area contributed by atoms with Gasteiger partial charge in [-0.1, -0.05) is 25.5 Å². The minimum absolute atomic E-state index is 0.0152. The molecule has 0 spiro atoms. The third kappa shape index (κ3) is 4.16. The van der Waals surface area contributed by atoms with Crippen molar-refractivity contribution in [1.29, 1.82) is 0 Å². The number of nitrogens with zero attached hydrogens (tertiary/aromatic N) is 1. The third-order valence-corrected chi connectivity index (χ3v) is 5.47. The van der Waals surface area contributed by atoms with Crippen molar-refractivity contribution in [1.82, 2.24) is 9.62 Å². The molecule has 136 valence electrons. The van der Waals surface area contributed by atoms with Crippen LogP contribution in [0.4, 0.5) is 0 Å². The van der Waals surface area contributed by atoms with Crippen LogP contribution in [0.1, 0.15) is 37.0 Å². The minimum Gasteiger partial charge on any atom is -0.454 e. The average Bonchev–Trinajstić information content (AvgIpc) is 2.75. The number of hydrogen-bond acceptors (Lipinski definition) is 6. The molecule has 0 fully saturated rings. The van der Waals surface area contributed by atoms with Gasteiger partial charge in [-0.15, -0.1) is 0 Å². The maximum Gasteiger partial charge on any atom is 0.327 e. The first-order valence-corrected chi connectivity index (χ1v) is 9.32. The second kappa shape index (κ2) is 7.64. The van der Waals surface area contributed by atoms with Gasteiger partial charge in [0, 0.05) is 6.04 Å². The molecule has 0 bridgehead atoms. The lowest BCUT2D eigenvalue weighted by Gasteiger charge is -2.15. The molecular formula is C16H20N2O6S. The van der Waals surface area contributed by atoms with Gasteiger partial charge in [0.15, 0.2) is 6.61 Å². The summed E-state index contributed by atoms with van der Waals surface area (Å²) in [6.07, 6.45) is 1.69. The molecule has 1 heterocycles. The Bertz CT molecular complexity index is 790. The van der Waals surface area contributed by atoms with Crippen LogP contribution in [0.5, 0.6) is 0 Å². The summed E-state index contributed by atoms with van der Waals surface area (Å²) in [7, 11) is -4.07. The van der Waals surface area contributed by atoms with Gasteiger partial charge in [0.05, 0.1) is 5.56 Å². The summed E-state index contributed by atoms with van der Waals surface area (Å²) in [5.74, 6) is -2.23. The van der Waals surface area contributed by atoms with Gasteiger partial charge in [-0.3, -0.25) is 14.4 Å². The normalized spacial score (nSPS) is 16.2. The van der Waals surface area contributed by atoms with Gasteiger partial charge in [0.1, 0.15) is 11.4 Å². The fourth-order valence-electron chi connectivity index (χ4n) is 2.52. The Balaban J connectivity index is 1.94. The number of carbonyl (C=O) groups is 3. The zero-order valence-corrected chi connectivity index (χ0v) is 14.8. The van der Waals surface area contributed by atoms with E-state index >= 15 is 0 Å². The Morgan fingerprint density at radius 3 is 2.60 bits per heavy atom. The van der Waals surface area contributed by atoms with Crippen molar-refractivity contribution in [2.24, 2.45) is 0 Å². The molecule has 1 aromatic carbocycles. The lowest BCUT2D eigenvalue weighted by atomic mass is 10.2. The molecule has 1 atom stereocenters. The molecule has 0 aromatic heterocycles. The monoisotopic (exact) mass is 368 g/mol. The van der Waals surface area contributed by atoms with Crippen LogP contribution in [0.15, 0.2) is 29.2 Å². The molecule has 0 saturated heterocycles. The van der Waals surface area contributed by atoms with Crippen molar-refractivity contribution in [3.63, 3.8) is 0 Å². The van der Waals surface area contributed by atoms with Crippen molar-refractivity contribution in [2.75, 3.05) is 13.2 Å². The maximum absolute atomic E-state index is 12.3. The molecule has 1 N–H and O–H groups in total. The number of nitrogens with one attached hydrogen (secondary N) is 1. The van der Waals surface area contributed by atoms with E-state index in [1.807, 2.05) is 13.8 Å². The Hall–Kier alpha value is -2.42. The first-order chi connectivity index (χ1) is 11.8. The summed E-state index contributed by atoms with van der Waals surface area (Å²) in [5.41, 5.74) is 0.0152. The average molecular weight is 368 g/mol. The van der Waals surface area contributed by atoms with Gasteiger partial charge in [0.2, 0.25) is 0 Å². The van der Waals surface area contributed by atoms with Crippen LogP contribution < -0.4 is 5.32 Å². The van der Waals surface area contributed by atoms with Gasteiger partial charge in [0.25, 0.3) is 21.8 Å². The predicted molar refractivity (Wildman–Crippen MR) is 88.1 cm³/mol. The second-order valence-electron chi connectivity index (χ2n) is 5.73. The molecule has 2 amide bonds. The Morgan fingerprint density at radius 1 is 1.28 bits per heavy atom. The van der Waals surface area contributed by atoms with E-state index in [0.29, 0.717) is 4.31 Å². The first kappa shape index (κ1) is 18.9. The van der Waals surface area contributed by atoms with Crippen LogP contribution in [0.2, 0.25) is 0 Å². The Labute approximate surface area is 146 Å². The molecule has 0 aliphatic carbocycles. The molecule has 8 nitrogen and oxygen atoms in total. The van der Waals surface area contributed by atoms with Gasteiger partial charge in [-0.25, -0.2) is 12.7 Å². The van der Waals surface area contributed by atoms with Crippen LogP contribution in [0.25, 0.3) is 0 Å². The smallest absolute Gasteiger partial charge is 0.327 e. The van der Waals surface area contributed by atoms with Crippen LogP contribution in [-0.4, -0.2) is 49.7 Å². The summed E-state index contributed by atoms with van der Waals surface area (Å²) in [6, 6.07) is 5.66. The van der Waals surface area contributed by atoms with E-state index in [2.05, 4.69) is 5.32 Å². The summed E-state index contributed by atoms with van der Waals surface area (Å²) < 4.78 is 29.8. The van der Waals surface area contributed by atoms with E-state index in [9.17, 15) is 22.8 Å². The number of fused-ring (bicyclic) bond motifs is 1. The van der Waals surface area contributed by atoms with Crippen molar-refractivity contribution in [3.8, 4) is 0 Å². The molecule has 2 rings (SSSR count). The van der Waals surface area contributed by atoms with Crippen LogP contribution in [0, 0.1) is 0 Å². The number of hydrogen-bond donors (Lipinski definition) is 1. The highest BCUT2D eigenvalue weighted by Crippen LogP contribution is 2.29. The molecule has 0 radical (unpaired) electrons.